The summed E-state index contributed by atoms with van der Waals surface area (Å²) in [6.45, 7) is 7.45. The summed E-state index contributed by atoms with van der Waals surface area (Å²) in [6, 6.07) is 11.3. The van der Waals surface area contributed by atoms with Gasteiger partial charge >= 0.3 is 0 Å². The van der Waals surface area contributed by atoms with Crippen molar-refractivity contribution in [1.29, 1.82) is 0 Å². The summed E-state index contributed by atoms with van der Waals surface area (Å²) in [5.41, 5.74) is 3.46. The average Bonchev–Trinajstić information content (AvgIpc) is 3.68. The van der Waals surface area contributed by atoms with Gasteiger partial charge in [-0.25, -0.2) is 4.98 Å². The molecule has 1 aliphatic carbocycles. The second-order valence-corrected chi connectivity index (χ2v) is 9.84. The molecule has 1 aliphatic heterocycles. The Morgan fingerprint density at radius 1 is 1.11 bits per heavy atom. The van der Waals surface area contributed by atoms with Crippen LogP contribution < -0.4 is 10.5 Å². The monoisotopic (exact) mass is 475 g/mol. The lowest BCUT2D eigenvalue weighted by Crippen LogP contribution is -2.40. The number of likely N-dealkylation sites (N-methyl/N-ethyl adjacent to an activating group) is 1. The molecule has 8 nitrogen and oxygen atoms in total. The van der Waals surface area contributed by atoms with Crippen LogP contribution in [0.15, 0.2) is 47.5 Å². The summed E-state index contributed by atoms with van der Waals surface area (Å²) in [5.74, 6) is -0.223. The first kappa shape index (κ1) is 23.5. The molecule has 1 atom stereocenters. The quantitative estimate of drug-likeness (QED) is 0.572. The van der Waals surface area contributed by atoms with E-state index in [1.807, 2.05) is 31.2 Å². The number of benzene rings is 2. The van der Waals surface area contributed by atoms with Gasteiger partial charge in [0.05, 0.1) is 16.6 Å². The summed E-state index contributed by atoms with van der Waals surface area (Å²) < 4.78 is 1.53. The van der Waals surface area contributed by atoms with E-state index in [1.54, 1.807) is 19.1 Å². The summed E-state index contributed by atoms with van der Waals surface area (Å²) in [7, 11) is 2.14. The van der Waals surface area contributed by atoms with Crippen molar-refractivity contribution in [2.75, 3.05) is 38.1 Å². The molecule has 1 saturated heterocycles. The van der Waals surface area contributed by atoms with Crippen molar-refractivity contribution in [3.8, 4) is 5.69 Å². The highest BCUT2D eigenvalue weighted by molar-refractivity contribution is 5.95. The van der Waals surface area contributed by atoms with Gasteiger partial charge < -0.3 is 19.8 Å². The topological polar surface area (TPSA) is 81.9 Å². The molecule has 2 aromatic carbocycles. The van der Waals surface area contributed by atoms with Crippen LogP contribution in [0.25, 0.3) is 16.6 Å². The van der Waals surface area contributed by atoms with E-state index in [0.717, 1.165) is 56.7 Å². The van der Waals surface area contributed by atoms with Gasteiger partial charge in [0.15, 0.2) is 0 Å². The number of hydrogen-bond acceptors (Lipinski definition) is 6. The number of amides is 1. The summed E-state index contributed by atoms with van der Waals surface area (Å²) in [4.78, 5) is 37.6. The lowest BCUT2D eigenvalue weighted by molar-refractivity contribution is 0.0137. The number of hydrogen-bond donors (Lipinski definition) is 1. The number of fused-ring (bicyclic) bond motifs is 1. The SMILES string of the molecule is Cc1ccc(C(=O)N(C(C)O)C2CC2)cc1-n1cnc2ccc(N3CCCN(C)CC3)cc2c1=O. The Kier molecular flexibility index (Phi) is 6.34. The Labute approximate surface area is 205 Å². The fourth-order valence-electron chi connectivity index (χ4n) is 4.93. The number of aliphatic hydroxyl groups is 1. The van der Waals surface area contributed by atoms with E-state index in [4.69, 9.17) is 0 Å². The summed E-state index contributed by atoms with van der Waals surface area (Å²) in [5, 5.41) is 10.7. The molecule has 184 valence electrons. The maximum Gasteiger partial charge on any atom is 0.265 e. The largest absolute Gasteiger partial charge is 0.374 e. The van der Waals surface area contributed by atoms with Crippen molar-refractivity contribution >= 4 is 22.5 Å². The van der Waals surface area contributed by atoms with Crippen molar-refractivity contribution in [1.82, 2.24) is 19.4 Å². The molecule has 1 aromatic heterocycles. The molecule has 1 N–H and O–H groups in total. The van der Waals surface area contributed by atoms with E-state index in [-0.39, 0.29) is 17.5 Å². The molecule has 8 heteroatoms. The highest BCUT2D eigenvalue weighted by Gasteiger charge is 2.35. The maximum absolute atomic E-state index is 13.6. The van der Waals surface area contributed by atoms with Crippen LogP contribution in [0.3, 0.4) is 0 Å². The number of anilines is 1. The third-order valence-corrected chi connectivity index (χ3v) is 7.12. The van der Waals surface area contributed by atoms with Gasteiger partial charge in [-0.1, -0.05) is 6.07 Å². The minimum absolute atomic E-state index is 0.0782. The minimum Gasteiger partial charge on any atom is -0.374 e. The second-order valence-electron chi connectivity index (χ2n) is 9.84. The number of carbonyl (C=O) groups excluding carboxylic acids is 1. The molecule has 1 amide bonds. The molecule has 2 fully saturated rings. The maximum atomic E-state index is 13.6. The Morgan fingerprint density at radius 2 is 1.91 bits per heavy atom. The molecule has 2 heterocycles. The van der Waals surface area contributed by atoms with E-state index in [2.05, 4.69) is 21.8 Å². The van der Waals surface area contributed by atoms with E-state index in [9.17, 15) is 14.7 Å². The van der Waals surface area contributed by atoms with Gasteiger partial charge in [-0.2, -0.15) is 0 Å². The van der Waals surface area contributed by atoms with Gasteiger partial charge in [-0.3, -0.25) is 14.2 Å². The smallest absolute Gasteiger partial charge is 0.265 e. The fraction of sp³-hybridized carbons (Fsp3) is 0.444. The zero-order chi connectivity index (χ0) is 24.7. The number of aryl methyl sites for hydroxylation is 1. The summed E-state index contributed by atoms with van der Waals surface area (Å²) in [6.07, 6.45) is 3.56. The average molecular weight is 476 g/mol. The lowest BCUT2D eigenvalue weighted by Gasteiger charge is -2.26. The van der Waals surface area contributed by atoms with Crippen molar-refractivity contribution in [2.45, 2.75) is 45.4 Å². The Morgan fingerprint density at radius 3 is 2.66 bits per heavy atom. The first-order chi connectivity index (χ1) is 16.8. The molecular weight excluding hydrogens is 442 g/mol. The second kappa shape index (κ2) is 9.43. The summed E-state index contributed by atoms with van der Waals surface area (Å²) >= 11 is 0. The highest BCUT2D eigenvalue weighted by Crippen LogP contribution is 2.30. The van der Waals surface area contributed by atoms with Crippen LogP contribution in [0.4, 0.5) is 5.69 Å². The predicted molar refractivity (Wildman–Crippen MR) is 137 cm³/mol. The standard InChI is InChI=1S/C27H33N5O3/c1-18-5-6-20(26(34)32(19(2)33)21-7-8-21)15-25(18)31-17-28-24-10-9-22(16-23(24)27(31)35)30-12-4-11-29(3)13-14-30/h5-6,9-10,15-17,19,21,33H,4,7-8,11-14H2,1-3H3. The zero-order valence-electron chi connectivity index (χ0n) is 20.6. The van der Waals surface area contributed by atoms with Gasteiger partial charge in [-0.05, 0) is 82.6 Å². The van der Waals surface area contributed by atoms with Gasteiger partial charge in [0.1, 0.15) is 12.6 Å². The van der Waals surface area contributed by atoms with E-state index < -0.39 is 6.23 Å². The molecule has 0 spiro atoms. The van der Waals surface area contributed by atoms with E-state index >= 15 is 0 Å². The van der Waals surface area contributed by atoms with Gasteiger partial charge in [0, 0.05) is 36.9 Å². The van der Waals surface area contributed by atoms with Crippen molar-refractivity contribution in [2.24, 2.45) is 0 Å². The molecule has 35 heavy (non-hydrogen) atoms. The molecule has 1 unspecified atom stereocenters. The first-order valence-corrected chi connectivity index (χ1v) is 12.4. The number of nitrogens with zero attached hydrogens (tertiary/aromatic N) is 5. The first-order valence-electron chi connectivity index (χ1n) is 12.4. The normalized spacial score (nSPS) is 17.9. The van der Waals surface area contributed by atoms with Gasteiger partial charge in [-0.15, -0.1) is 0 Å². The molecule has 0 radical (unpaired) electrons. The Hall–Kier alpha value is -3.23. The van der Waals surface area contributed by atoms with Gasteiger partial charge in [0.2, 0.25) is 0 Å². The van der Waals surface area contributed by atoms with Crippen LogP contribution in [0.5, 0.6) is 0 Å². The van der Waals surface area contributed by atoms with Crippen LogP contribution in [-0.4, -0.2) is 75.9 Å². The Balaban J connectivity index is 1.53. The molecule has 3 aromatic rings. The van der Waals surface area contributed by atoms with Crippen molar-refractivity contribution in [3.63, 3.8) is 0 Å². The number of rotatable bonds is 5. The van der Waals surface area contributed by atoms with Crippen LogP contribution in [0.1, 0.15) is 42.1 Å². The van der Waals surface area contributed by atoms with Crippen LogP contribution in [0.2, 0.25) is 0 Å². The van der Waals surface area contributed by atoms with Gasteiger partial charge in [0.25, 0.3) is 11.5 Å². The Bertz CT molecular complexity index is 1310. The molecular formula is C27H33N5O3. The minimum atomic E-state index is -0.859. The van der Waals surface area contributed by atoms with E-state index in [0.29, 0.717) is 22.2 Å². The van der Waals surface area contributed by atoms with Crippen molar-refractivity contribution in [3.05, 3.63) is 64.2 Å². The van der Waals surface area contributed by atoms with Crippen LogP contribution >= 0.6 is 0 Å². The molecule has 5 rings (SSSR count). The predicted octanol–water partition coefficient (Wildman–Crippen LogP) is 2.78. The highest BCUT2D eigenvalue weighted by atomic mass is 16.3. The van der Waals surface area contributed by atoms with Crippen molar-refractivity contribution < 1.29 is 9.90 Å². The zero-order valence-corrected chi connectivity index (χ0v) is 20.6. The fourth-order valence-corrected chi connectivity index (χ4v) is 4.93. The number of carbonyl (C=O) groups is 1. The van der Waals surface area contributed by atoms with Crippen LogP contribution in [0, 0.1) is 6.92 Å². The molecule has 1 saturated carbocycles. The third kappa shape index (κ3) is 4.68. The third-order valence-electron chi connectivity index (χ3n) is 7.12. The number of aromatic nitrogens is 2. The molecule has 0 bridgehead atoms. The molecule has 2 aliphatic rings. The van der Waals surface area contributed by atoms with Crippen LogP contribution in [-0.2, 0) is 0 Å². The lowest BCUT2D eigenvalue weighted by atomic mass is 10.1. The van der Waals surface area contributed by atoms with E-state index in [1.165, 1.54) is 15.8 Å². The number of aliphatic hydroxyl groups excluding tert-OH is 1.